The standard InChI is InChI=1S/C16H24ClNO2/c1-5-11(2)14(19)10-18-15(20)16(3,4)12-6-8-13(17)9-7-12/h6-9,11,14,19H,5,10H2,1-4H3,(H,18,20). The van der Waals surface area contributed by atoms with E-state index in [1.165, 1.54) is 0 Å². The third kappa shape index (κ3) is 4.22. The van der Waals surface area contributed by atoms with Gasteiger partial charge in [0, 0.05) is 11.6 Å². The predicted molar refractivity (Wildman–Crippen MR) is 82.9 cm³/mol. The maximum Gasteiger partial charge on any atom is 0.230 e. The van der Waals surface area contributed by atoms with Crippen molar-refractivity contribution in [1.82, 2.24) is 5.32 Å². The van der Waals surface area contributed by atoms with Crippen molar-refractivity contribution in [3.8, 4) is 0 Å². The molecule has 0 heterocycles. The number of nitrogens with one attached hydrogen (secondary N) is 1. The van der Waals surface area contributed by atoms with Crippen LogP contribution in [-0.4, -0.2) is 23.7 Å². The molecule has 0 saturated carbocycles. The molecule has 0 spiro atoms. The zero-order chi connectivity index (χ0) is 15.3. The predicted octanol–water partition coefficient (Wildman–Crippen LogP) is 3.14. The van der Waals surface area contributed by atoms with Crippen molar-refractivity contribution in [2.24, 2.45) is 5.92 Å². The van der Waals surface area contributed by atoms with Gasteiger partial charge in [0.05, 0.1) is 11.5 Å². The zero-order valence-corrected chi connectivity index (χ0v) is 13.4. The molecule has 0 aliphatic rings. The summed E-state index contributed by atoms with van der Waals surface area (Å²) in [5.41, 5.74) is 0.247. The molecule has 1 aromatic carbocycles. The van der Waals surface area contributed by atoms with Gasteiger partial charge in [-0.05, 0) is 37.5 Å². The van der Waals surface area contributed by atoms with Crippen molar-refractivity contribution < 1.29 is 9.90 Å². The second kappa shape index (κ2) is 7.09. The van der Waals surface area contributed by atoms with Crippen molar-refractivity contribution in [3.63, 3.8) is 0 Å². The zero-order valence-electron chi connectivity index (χ0n) is 12.6. The monoisotopic (exact) mass is 297 g/mol. The number of benzene rings is 1. The van der Waals surface area contributed by atoms with Gasteiger partial charge in [-0.2, -0.15) is 0 Å². The first-order chi connectivity index (χ1) is 9.28. The van der Waals surface area contributed by atoms with Crippen molar-refractivity contribution in [2.45, 2.75) is 45.6 Å². The molecule has 2 unspecified atom stereocenters. The molecule has 0 aliphatic carbocycles. The second-order valence-corrected chi connectivity index (χ2v) is 6.23. The molecule has 112 valence electrons. The van der Waals surface area contributed by atoms with Crippen LogP contribution in [0.25, 0.3) is 0 Å². The first-order valence-corrected chi connectivity index (χ1v) is 7.39. The molecule has 1 rings (SSSR count). The van der Waals surface area contributed by atoms with Crippen LogP contribution in [0.1, 0.15) is 39.7 Å². The summed E-state index contributed by atoms with van der Waals surface area (Å²) >= 11 is 5.86. The van der Waals surface area contributed by atoms with E-state index in [1.54, 1.807) is 12.1 Å². The van der Waals surface area contributed by atoms with Gasteiger partial charge >= 0.3 is 0 Å². The average molecular weight is 298 g/mol. The summed E-state index contributed by atoms with van der Waals surface area (Å²) in [6.07, 6.45) is 0.377. The summed E-state index contributed by atoms with van der Waals surface area (Å²) in [6.45, 7) is 8.00. The van der Waals surface area contributed by atoms with Crippen molar-refractivity contribution in [2.75, 3.05) is 6.54 Å². The number of amides is 1. The molecule has 0 radical (unpaired) electrons. The van der Waals surface area contributed by atoms with E-state index < -0.39 is 11.5 Å². The Balaban J connectivity index is 2.68. The third-order valence-corrected chi connectivity index (χ3v) is 4.16. The Morgan fingerprint density at radius 2 is 1.90 bits per heavy atom. The van der Waals surface area contributed by atoms with Gasteiger partial charge in [0.15, 0.2) is 0 Å². The second-order valence-electron chi connectivity index (χ2n) is 5.79. The van der Waals surface area contributed by atoms with Crippen molar-refractivity contribution in [3.05, 3.63) is 34.9 Å². The molecule has 0 aliphatic heterocycles. The Morgan fingerprint density at radius 3 is 2.40 bits per heavy atom. The van der Waals surface area contributed by atoms with Crippen LogP contribution in [0.3, 0.4) is 0 Å². The van der Waals surface area contributed by atoms with Crippen LogP contribution >= 0.6 is 11.6 Å². The summed E-state index contributed by atoms with van der Waals surface area (Å²) in [5, 5.41) is 13.4. The van der Waals surface area contributed by atoms with E-state index >= 15 is 0 Å². The molecule has 1 aromatic rings. The summed E-state index contributed by atoms with van der Waals surface area (Å²) in [7, 11) is 0. The van der Waals surface area contributed by atoms with Crippen LogP contribution in [0.5, 0.6) is 0 Å². The Bertz CT molecular complexity index is 442. The number of aliphatic hydroxyl groups excluding tert-OH is 1. The van der Waals surface area contributed by atoms with Gasteiger partial charge in [-0.25, -0.2) is 0 Å². The third-order valence-electron chi connectivity index (χ3n) is 3.91. The minimum absolute atomic E-state index is 0.0952. The number of aliphatic hydroxyl groups is 1. The highest BCUT2D eigenvalue weighted by atomic mass is 35.5. The van der Waals surface area contributed by atoms with Gasteiger partial charge in [0.1, 0.15) is 0 Å². The van der Waals surface area contributed by atoms with E-state index in [0.29, 0.717) is 5.02 Å². The van der Waals surface area contributed by atoms with Crippen LogP contribution in [0.4, 0.5) is 0 Å². The normalized spacial score (nSPS) is 14.7. The minimum Gasteiger partial charge on any atom is -0.391 e. The highest BCUT2D eigenvalue weighted by Gasteiger charge is 2.30. The number of halogens is 1. The Morgan fingerprint density at radius 1 is 1.35 bits per heavy atom. The fourth-order valence-corrected chi connectivity index (χ4v) is 2.02. The molecular weight excluding hydrogens is 274 g/mol. The topological polar surface area (TPSA) is 49.3 Å². The van der Waals surface area contributed by atoms with Crippen LogP contribution < -0.4 is 5.32 Å². The number of rotatable bonds is 6. The van der Waals surface area contributed by atoms with Crippen LogP contribution in [0, 0.1) is 5.92 Å². The number of carbonyl (C=O) groups is 1. The van der Waals surface area contributed by atoms with Crippen molar-refractivity contribution in [1.29, 1.82) is 0 Å². The molecule has 20 heavy (non-hydrogen) atoms. The lowest BCUT2D eigenvalue weighted by Crippen LogP contribution is -2.44. The van der Waals surface area contributed by atoms with E-state index in [1.807, 2.05) is 39.8 Å². The quantitative estimate of drug-likeness (QED) is 0.847. The van der Waals surface area contributed by atoms with Crippen LogP contribution in [0.2, 0.25) is 5.02 Å². The fraction of sp³-hybridized carbons (Fsp3) is 0.562. The summed E-state index contributed by atoms with van der Waals surface area (Å²) in [6, 6.07) is 7.26. The molecule has 3 nitrogen and oxygen atoms in total. The Labute approximate surface area is 126 Å². The van der Waals surface area contributed by atoms with Crippen LogP contribution in [-0.2, 0) is 10.2 Å². The lowest BCUT2D eigenvalue weighted by molar-refractivity contribution is -0.126. The molecule has 0 fully saturated rings. The average Bonchev–Trinajstić information content (AvgIpc) is 2.43. The highest BCUT2D eigenvalue weighted by molar-refractivity contribution is 6.30. The molecule has 0 aromatic heterocycles. The molecule has 2 N–H and O–H groups in total. The molecule has 4 heteroatoms. The largest absolute Gasteiger partial charge is 0.391 e. The summed E-state index contributed by atoms with van der Waals surface area (Å²) < 4.78 is 0. The first kappa shape index (κ1) is 17.0. The van der Waals surface area contributed by atoms with Gasteiger partial charge in [-0.15, -0.1) is 0 Å². The van der Waals surface area contributed by atoms with E-state index in [-0.39, 0.29) is 18.4 Å². The van der Waals surface area contributed by atoms with E-state index in [2.05, 4.69) is 5.32 Å². The maximum absolute atomic E-state index is 12.3. The van der Waals surface area contributed by atoms with E-state index in [4.69, 9.17) is 11.6 Å². The van der Waals surface area contributed by atoms with Gasteiger partial charge in [0.2, 0.25) is 5.91 Å². The molecule has 2 atom stereocenters. The molecule has 0 saturated heterocycles. The SMILES string of the molecule is CCC(C)C(O)CNC(=O)C(C)(C)c1ccc(Cl)cc1. The van der Waals surface area contributed by atoms with Gasteiger partial charge in [-0.3, -0.25) is 4.79 Å². The van der Waals surface area contributed by atoms with E-state index in [9.17, 15) is 9.90 Å². The lowest BCUT2D eigenvalue weighted by Gasteiger charge is -2.26. The number of hydrogen-bond acceptors (Lipinski definition) is 2. The Hall–Kier alpha value is -1.06. The fourth-order valence-electron chi connectivity index (χ4n) is 1.89. The maximum atomic E-state index is 12.3. The van der Waals surface area contributed by atoms with Crippen LogP contribution in [0.15, 0.2) is 24.3 Å². The molecule has 1 amide bonds. The highest BCUT2D eigenvalue weighted by Crippen LogP contribution is 2.24. The van der Waals surface area contributed by atoms with E-state index in [0.717, 1.165) is 12.0 Å². The minimum atomic E-state index is -0.653. The Kier molecular flexibility index (Phi) is 6.03. The first-order valence-electron chi connectivity index (χ1n) is 7.01. The van der Waals surface area contributed by atoms with Gasteiger partial charge < -0.3 is 10.4 Å². The van der Waals surface area contributed by atoms with Crippen molar-refractivity contribution >= 4 is 17.5 Å². The van der Waals surface area contributed by atoms with Gasteiger partial charge in [-0.1, -0.05) is 44.0 Å². The summed E-state index contributed by atoms with van der Waals surface area (Å²) in [5.74, 6) is 0.0797. The number of hydrogen-bond donors (Lipinski definition) is 2. The molecular formula is C16H24ClNO2. The molecule has 0 bridgehead atoms. The van der Waals surface area contributed by atoms with Gasteiger partial charge in [0.25, 0.3) is 0 Å². The summed E-state index contributed by atoms with van der Waals surface area (Å²) in [4.78, 5) is 12.3. The smallest absolute Gasteiger partial charge is 0.230 e. The lowest BCUT2D eigenvalue weighted by atomic mass is 9.83. The number of carbonyl (C=O) groups excluding carboxylic acids is 1.